The van der Waals surface area contributed by atoms with Gasteiger partial charge < -0.3 is 16.8 Å². The maximum absolute atomic E-state index is 5.72. The lowest BCUT2D eigenvalue weighted by atomic mass is 10.2. The number of nitrogens with one attached hydrogen (secondary N) is 1. The lowest BCUT2D eigenvalue weighted by molar-refractivity contribution is 1.10. The molecule has 2 rings (SSSR count). The number of hydrogen-bond donors (Lipinski definition) is 3. The van der Waals surface area contributed by atoms with Crippen LogP contribution in [0.5, 0.6) is 0 Å². The SMILES string of the molecule is Cc1cnc(CNc2ccc(N)c(N)c2)s1. The number of nitrogens with zero attached hydrogens (tertiary/aromatic N) is 1. The summed E-state index contributed by atoms with van der Waals surface area (Å²) in [5, 5.41) is 4.32. The van der Waals surface area contributed by atoms with Gasteiger partial charge in [0, 0.05) is 16.8 Å². The van der Waals surface area contributed by atoms with Crippen molar-refractivity contribution in [1.29, 1.82) is 0 Å². The molecule has 0 atom stereocenters. The van der Waals surface area contributed by atoms with Gasteiger partial charge in [0.05, 0.1) is 17.9 Å². The molecule has 5 heteroatoms. The van der Waals surface area contributed by atoms with Crippen LogP contribution in [-0.2, 0) is 6.54 Å². The number of nitrogens with two attached hydrogens (primary N) is 2. The lowest BCUT2D eigenvalue weighted by Gasteiger charge is -2.06. The van der Waals surface area contributed by atoms with Crippen molar-refractivity contribution in [2.75, 3.05) is 16.8 Å². The number of hydrogen-bond acceptors (Lipinski definition) is 5. The third-order valence-corrected chi connectivity index (χ3v) is 3.11. The molecule has 0 fully saturated rings. The van der Waals surface area contributed by atoms with E-state index in [2.05, 4.69) is 10.3 Å². The number of anilines is 3. The molecule has 1 aromatic carbocycles. The Labute approximate surface area is 98.3 Å². The van der Waals surface area contributed by atoms with E-state index in [1.165, 1.54) is 4.88 Å². The molecular formula is C11H14N4S. The summed E-state index contributed by atoms with van der Waals surface area (Å²) in [7, 11) is 0. The number of aryl methyl sites for hydroxylation is 1. The fourth-order valence-electron chi connectivity index (χ4n) is 1.35. The fraction of sp³-hybridized carbons (Fsp3) is 0.182. The number of rotatable bonds is 3. The molecule has 1 aromatic heterocycles. The first-order valence-electron chi connectivity index (χ1n) is 4.95. The molecule has 1 heterocycles. The quantitative estimate of drug-likeness (QED) is 0.712. The van der Waals surface area contributed by atoms with Crippen LogP contribution in [0.25, 0.3) is 0 Å². The molecule has 0 saturated carbocycles. The van der Waals surface area contributed by atoms with E-state index >= 15 is 0 Å². The van der Waals surface area contributed by atoms with Crippen molar-refractivity contribution >= 4 is 28.4 Å². The van der Waals surface area contributed by atoms with Crippen molar-refractivity contribution < 1.29 is 0 Å². The predicted octanol–water partition coefficient (Wildman–Crippen LogP) is 2.23. The molecular weight excluding hydrogens is 220 g/mol. The summed E-state index contributed by atoms with van der Waals surface area (Å²) in [6.45, 7) is 2.75. The molecule has 0 saturated heterocycles. The van der Waals surface area contributed by atoms with Crippen LogP contribution in [0.1, 0.15) is 9.88 Å². The monoisotopic (exact) mass is 234 g/mol. The van der Waals surface area contributed by atoms with Crippen LogP contribution in [0, 0.1) is 6.92 Å². The molecule has 0 aliphatic carbocycles. The van der Waals surface area contributed by atoms with Gasteiger partial charge in [-0.05, 0) is 25.1 Å². The highest BCUT2D eigenvalue weighted by atomic mass is 32.1. The fourth-order valence-corrected chi connectivity index (χ4v) is 2.07. The van der Waals surface area contributed by atoms with Gasteiger partial charge in [0.2, 0.25) is 0 Å². The molecule has 5 N–H and O–H groups in total. The summed E-state index contributed by atoms with van der Waals surface area (Å²) >= 11 is 1.68. The molecule has 0 aliphatic rings. The Bertz CT molecular complexity index is 492. The van der Waals surface area contributed by atoms with Crippen LogP contribution in [0.2, 0.25) is 0 Å². The summed E-state index contributed by atoms with van der Waals surface area (Å²) in [5.74, 6) is 0. The van der Waals surface area contributed by atoms with Crippen molar-refractivity contribution in [2.45, 2.75) is 13.5 Å². The number of aromatic nitrogens is 1. The zero-order valence-corrected chi connectivity index (χ0v) is 9.84. The molecule has 0 spiro atoms. The topological polar surface area (TPSA) is 77.0 Å². The maximum Gasteiger partial charge on any atom is 0.112 e. The zero-order valence-electron chi connectivity index (χ0n) is 9.03. The highest BCUT2D eigenvalue weighted by Gasteiger charge is 2.00. The smallest absolute Gasteiger partial charge is 0.112 e. The third kappa shape index (κ3) is 2.43. The van der Waals surface area contributed by atoms with E-state index < -0.39 is 0 Å². The van der Waals surface area contributed by atoms with E-state index in [1.807, 2.05) is 25.3 Å². The Balaban J connectivity index is 2.02. The number of nitrogen functional groups attached to an aromatic ring is 2. The van der Waals surface area contributed by atoms with E-state index in [9.17, 15) is 0 Å². The van der Waals surface area contributed by atoms with Crippen LogP contribution >= 0.6 is 11.3 Å². The Morgan fingerprint density at radius 3 is 2.75 bits per heavy atom. The molecule has 0 radical (unpaired) electrons. The zero-order chi connectivity index (χ0) is 11.5. The average Bonchev–Trinajstić information content (AvgIpc) is 2.66. The van der Waals surface area contributed by atoms with E-state index in [1.54, 1.807) is 17.4 Å². The minimum Gasteiger partial charge on any atom is -0.397 e. The van der Waals surface area contributed by atoms with E-state index in [0.717, 1.165) is 10.7 Å². The first-order valence-corrected chi connectivity index (χ1v) is 5.77. The number of thiazole rings is 1. The van der Waals surface area contributed by atoms with Crippen molar-refractivity contribution in [1.82, 2.24) is 4.98 Å². The van der Waals surface area contributed by atoms with Gasteiger partial charge >= 0.3 is 0 Å². The minimum atomic E-state index is 0.598. The summed E-state index contributed by atoms with van der Waals surface area (Å²) in [6, 6.07) is 5.53. The van der Waals surface area contributed by atoms with Crippen molar-refractivity contribution in [3.63, 3.8) is 0 Å². The second-order valence-electron chi connectivity index (χ2n) is 3.56. The maximum atomic E-state index is 5.72. The molecule has 16 heavy (non-hydrogen) atoms. The largest absolute Gasteiger partial charge is 0.397 e. The van der Waals surface area contributed by atoms with Gasteiger partial charge in [-0.3, -0.25) is 0 Å². The van der Waals surface area contributed by atoms with Crippen LogP contribution in [0.15, 0.2) is 24.4 Å². The molecule has 0 aliphatic heterocycles. The molecule has 0 unspecified atom stereocenters. The van der Waals surface area contributed by atoms with Crippen LogP contribution in [0.3, 0.4) is 0 Å². The van der Waals surface area contributed by atoms with Gasteiger partial charge in [0.25, 0.3) is 0 Å². The van der Waals surface area contributed by atoms with Crippen LogP contribution in [-0.4, -0.2) is 4.98 Å². The van der Waals surface area contributed by atoms with E-state index in [-0.39, 0.29) is 0 Å². The lowest BCUT2D eigenvalue weighted by Crippen LogP contribution is -2.01. The first-order chi connectivity index (χ1) is 7.65. The van der Waals surface area contributed by atoms with Crippen molar-refractivity contribution in [3.8, 4) is 0 Å². The van der Waals surface area contributed by atoms with Gasteiger partial charge in [0.1, 0.15) is 5.01 Å². The summed E-state index contributed by atoms with van der Waals surface area (Å²) in [5.41, 5.74) is 13.5. The molecule has 4 nitrogen and oxygen atoms in total. The van der Waals surface area contributed by atoms with Gasteiger partial charge in [-0.1, -0.05) is 0 Å². The number of benzene rings is 1. The van der Waals surface area contributed by atoms with Crippen LogP contribution < -0.4 is 16.8 Å². The van der Waals surface area contributed by atoms with E-state index in [0.29, 0.717) is 17.9 Å². The van der Waals surface area contributed by atoms with Gasteiger partial charge in [0.15, 0.2) is 0 Å². The summed E-state index contributed by atoms with van der Waals surface area (Å²) in [4.78, 5) is 5.49. The highest BCUT2D eigenvalue weighted by molar-refractivity contribution is 7.11. The second-order valence-corrected chi connectivity index (χ2v) is 4.88. The summed E-state index contributed by atoms with van der Waals surface area (Å²) < 4.78 is 0. The van der Waals surface area contributed by atoms with Gasteiger partial charge in [-0.15, -0.1) is 11.3 Å². The Hall–Kier alpha value is -1.75. The Morgan fingerprint density at radius 2 is 2.12 bits per heavy atom. The molecule has 2 aromatic rings. The predicted molar refractivity (Wildman–Crippen MR) is 69.4 cm³/mol. The van der Waals surface area contributed by atoms with E-state index in [4.69, 9.17) is 11.5 Å². The first kappa shape index (κ1) is 10.8. The van der Waals surface area contributed by atoms with Crippen molar-refractivity contribution in [2.24, 2.45) is 0 Å². The average molecular weight is 234 g/mol. The van der Waals surface area contributed by atoms with Crippen molar-refractivity contribution in [3.05, 3.63) is 34.3 Å². The molecule has 0 bridgehead atoms. The Kier molecular flexibility index (Phi) is 2.96. The Morgan fingerprint density at radius 1 is 1.31 bits per heavy atom. The summed E-state index contributed by atoms with van der Waals surface area (Å²) in [6.07, 6.45) is 1.87. The molecule has 0 amide bonds. The molecule has 84 valence electrons. The minimum absolute atomic E-state index is 0.598. The van der Waals surface area contributed by atoms with Gasteiger partial charge in [-0.2, -0.15) is 0 Å². The highest BCUT2D eigenvalue weighted by Crippen LogP contribution is 2.20. The third-order valence-electron chi connectivity index (χ3n) is 2.20. The van der Waals surface area contributed by atoms with Gasteiger partial charge in [-0.25, -0.2) is 4.98 Å². The standard InChI is InChI=1S/C11H14N4S/c1-7-5-15-11(16-7)6-14-8-2-3-9(12)10(13)4-8/h2-5,14H,6,12-13H2,1H3. The van der Waals surface area contributed by atoms with Crippen LogP contribution in [0.4, 0.5) is 17.1 Å². The normalized spacial score (nSPS) is 10.3. The second kappa shape index (κ2) is 4.40.